The summed E-state index contributed by atoms with van der Waals surface area (Å²) in [6.45, 7) is 2.16. The van der Waals surface area contributed by atoms with E-state index in [0.29, 0.717) is 19.3 Å². The average molecular weight is 272 g/mol. The monoisotopic (exact) mass is 272 g/mol. The lowest BCUT2D eigenvalue weighted by Gasteiger charge is -2.19. The van der Waals surface area contributed by atoms with E-state index in [-0.39, 0.29) is 5.92 Å². The van der Waals surface area contributed by atoms with Crippen LogP contribution in [-0.4, -0.2) is 25.8 Å². The smallest absolute Gasteiger partial charge is 0.161 e. The second kappa shape index (κ2) is 6.15. The van der Waals surface area contributed by atoms with Crippen LogP contribution in [0.2, 0.25) is 0 Å². The van der Waals surface area contributed by atoms with Crippen molar-refractivity contribution in [2.75, 3.05) is 19.8 Å². The van der Waals surface area contributed by atoms with Gasteiger partial charge in [0.25, 0.3) is 0 Å². The number of nitrogens with zero attached hydrogens (tertiary/aromatic N) is 1. The number of fused-ring (bicyclic) bond motifs is 1. The Bertz CT molecular complexity index is 510. The maximum atomic E-state index is 9.06. The van der Waals surface area contributed by atoms with E-state index in [4.69, 9.17) is 14.7 Å². The van der Waals surface area contributed by atoms with E-state index in [9.17, 15) is 0 Å². The van der Waals surface area contributed by atoms with Gasteiger partial charge in [-0.15, -0.1) is 0 Å². The van der Waals surface area contributed by atoms with Crippen molar-refractivity contribution in [1.29, 1.82) is 5.26 Å². The molecule has 4 heteroatoms. The molecule has 0 radical (unpaired) electrons. The van der Waals surface area contributed by atoms with Gasteiger partial charge in [-0.3, -0.25) is 0 Å². The lowest BCUT2D eigenvalue weighted by Crippen LogP contribution is -2.33. The fourth-order valence-electron chi connectivity index (χ4n) is 3.00. The van der Waals surface area contributed by atoms with Gasteiger partial charge >= 0.3 is 0 Å². The van der Waals surface area contributed by atoms with Crippen molar-refractivity contribution in [1.82, 2.24) is 5.32 Å². The zero-order chi connectivity index (χ0) is 13.8. The largest absolute Gasteiger partial charge is 0.486 e. The first-order chi connectivity index (χ1) is 9.86. The molecule has 1 saturated carbocycles. The van der Waals surface area contributed by atoms with Crippen LogP contribution in [0.5, 0.6) is 11.5 Å². The van der Waals surface area contributed by atoms with Crippen LogP contribution in [0.1, 0.15) is 24.8 Å². The number of nitrogens with one attached hydrogen (secondary N) is 1. The van der Waals surface area contributed by atoms with Crippen LogP contribution in [0.4, 0.5) is 0 Å². The van der Waals surface area contributed by atoms with Gasteiger partial charge < -0.3 is 14.8 Å². The van der Waals surface area contributed by atoms with Crippen LogP contribution in [-0.2, 0) is 6.42 Å². The van der Waals surface area contributed by atoms with Crippen LogP contribution < -0.4 is 14.8 Å². The van der Waals surface area contributed by atoms with Crippen LogP contribution in [0.3, 0.4) is 0 Å². The first kappa shape index (κ1) is 13.3. The molecule has 1 aromatic rings. The molecule has 0 spiro atoms. The van der Waals surface area contributed by atoms with Gasteiger partial charge in [-0.05, 0) is 43.5 Å². The minimum Gasteiger partial charge on any atom is -0.486 e. The fourth-order valence-corrected chi connectivity index (χ4v) is 3.00. The minimum atomic E-state index is 0.190. The van der Waals surface area contributed by atoms with Gasteiger partial charge in [0.2, 0.25) is 0 Å². The van der Waals surface area contributed by atoms with Crippen LogP contribution in [0.15, 0.2) is 18.2 Å². The van der Waals surface area contributed by atoms with Gasteiger partial charge in [0.05, 0.1) is 12.0 Å². The fraction of sp³-hybridized carbons (Fsp3) is 0.562. The Morgan fingerprint density at radius 1 is 1.20 bits per heavy atom. The van der Waals surface area contributed by atoms with E-state index in [2.05, 4.69) is 23.5 Å². The summed E-state index contributed by atoms with van der Waals surface area (Å²) in [5, 5.41) is 12.6. The van der Waals surface area contributed by atoms with E-state index in [1.54, 1.807) is 0 Å². The Kier molecular flexibility index (Phi) is 4.08. The van der Waals surface area contributed by atoms with Crippen molar-refractivity contribution in [3.63, 3.8) is 0 Å². The van der Waals surface area contributed by atoms with Gasteiger partial charge in [0.1, 0.15) is 13.2 Å². The summed E-state index contributed by atoms with van der Waals surface area (Å²) in [4.78, 5) is 0. The molecular weight excluding hydrogens is 252 g/mol. The maximum absolute atomic E-state index is 9.06. The predicted molar refractivity (Wildman–Crippen MR) is 75.9 cm³/mol. The molecule has 0 saturated heterocycles. The van der Waals surface area contributed by atoms with Crippen molar-refractivity contribution < 1.29 is 9.47 Å². The molecule has 0 aromatic heterocycles. The van der Waals surface area contributed by atoms with E-state index < -0.39 is 0 Å². The molecular formula is C16H20N2O2. The Morgan fingerprint density at radius 2 is 2.05 bits per heavy atom. The summed E-state index contributed by atoms with van der Waals surface area (Å²) in [6.07, 6.45) is 4.28. The summed E-state index contributed by atoms with van der Waals surface area (Å²) in [6, 6.07) is 8.91. The van der Waals surface area contributed by atoms with E-state index in [0.717, 1.165) is 37.3 Å². The highest BCUT2D eigenvalue weighted by Gasteiger charge is 2.26. The lowest BCUT2D eigenvalue weighted by atomic mass is 10.1. The summed E-state index contributed by atoms with van der Waals surface area (Å²) in [5.74, 6) is 1.88. The molecule has 106 valence electrons. The molecule has 1 aliphatic carbocycles. The summed E-state index contributed by atoms with van der Waals surface area (Å²) in [5.41, 5.74) is 1.24. The molecule has 3 rings (SSSR count). The molecule has 1 heterocycles. The molecule has 4 nitrogen and oxygen atoms in total. The third-order valence-electron chi connectivity index (χ3n) is 4.11. The van der Waals surface area contributed by atoms with E-state index in [1.165, 1.54) is 12.0 Å². The Balaban J connectivity index is 1.52. The predicted octanol–water partition coefficient (Wildman–Crippen LogP) is 2.28. The molecule has 0 amide bonds. The van der Waals surface area contributed by atoms with Crippen molar-refractivity contribution in [2.24, 2.45) is 5.92 Å². The number of hydrogen-bond donors (Lipinski definition) is 1. The molecule has 1 aliphatic heterocycles. The van der Waals surface area contributed by atoms with Crippen molar-refractivity contribution in [3.05, 3.63) is 23.8 Å². The highest BCUT2D eigenvalue weighted by Crippen LogP contribution is 2.31. The first-order valence-corrected chi connectivity index (χ1v) is 7.38. The molecule has 1 aromatic carbocycles. The van der Waals surface area contributed by atoms with Gasteiger partial charge in [-0.2, -0.15) is 5.26 Å². The second-order valence-corrected chi connectivity index (χ2v) is 5.46. The van der Waals surface area contributed by atoms with Crippen molar-refractivity contribution in [3.8, 4) is 17.6 Å². The Labute approximate surface area is 119 Å². The van der Waals surface area contributed by atoms with Crippen molar-refractivity contribution >= 4 is 0 Å². The Hall–Kier alpha value is -1.73. The summed E-state index contributed by atoms with van der Waals surface area (Å²) >= 11 is 0. The number of hydrogen-bond acceptors (Lipinski definition) is 4. The van der Waals surface area contributed by atoms with Gasteiger partial charge in [0, 0.05) is 6.04 Å². The zero-order valence-electron chi connectivity index (χ0n) is 11.6. The number of ether oxygens (including phenoxy) is 2. The maximum Gasteiger partial charge on any atom is 0.161 e. The number of rotatable bonds is 4. The summed E-state index contributed by atoms with van der Waals surface area (Å²) in [7, 11) is 0. The van der Waals surface area contributed by atoms with E-state index in [1.807, 2.05) is 6.07 Å². The van der Waals surface area contributed by atoms with Gasteiger partial charge in [-0.25, -0.2) is 0 Å². The molecule has 0 bridgehead atoms. The SMILES string of the molecule is N#CC1CCCC1NCCc1ccc2c(c1)OCCO2. The van der Waals surface area contributed by atoms with E-state index >= 15 is 0 Å². The van der Waals surface area contributed by atoms with Crippen LogP contribution in [0, 0.1) is 17.2 Å². The number of benzene rings is 1. The molecule has 2 atom stereocenters. The highest BCUT2D eigenvalue weighted by atomic mass is 16.6. The second-order valence-electron chi connectivity index (χ2n) is 5.46. The Morgan fingerprint density at radius 3 is 2.90 bits per heavy atom. The minimum absolute atomic E-state index is 0.190. The molecule has 2 unspecified atom stereocenters. The molecule has 20 heavy (non-hydrogen) atoms. The molecule has 2 aliphatic rings. The molecule has 1 fully saturated rings. The normalized spacial score (nSPS) is 24.4. The van der Waals surface area contributed by atoms with Crippen molar-refractivity contribution in [2.45, 2.75) is 31.7 Å². The summed E-state index contributed by atoms with van der Waals surface area (Å²) < 4.78 is 11.1. The van der Waals surface area contributed by atoms with Gasteiger partial charge in [0.15, 0.2) is 11.5 Å². The quantitative estimate of drug-likeness (QED) is 0.913. The third kappa shape index (κ3) is 2.88. The zero-order valence-corrected chi connectivity index (χ0v) is 11.6. The highest BCUT2D eigenvalue weighted by molar-refractivity contribution is 5.43. The lowest BCUT2D eigenvalue weighted by molar-refractivity contribution is 0.171. The van der Waals surface area contributed by atoms with Gasteiger partial charge in [-0.1, -0.05) is 12.5 Å². The standard InChI is InChI=1S/C16H20N2O2/c17-11-13-2-1-3-14(13)18-7-6-12-4-5-15-16(10-12)20-9-8-19-15/h4-5,10,13-14,18H,1-3,6-9H2. The average Bonchev–Trinajstić information content (AvgIpc) is 2.95. The first-order valence-electron chi connectivity index (χ1n) is 7.38. The van der Waals surface area contributed by atoms with Crippen LogP contribution in [0.25, 0.3) is 0 Å². The third-order valence-corrected chi connectivity index (χ3v) is 4.11. The topological polar surface area (TPSA) is 54.3 Å². The number of nitriles is 1. The molecule has 1 N–H and O–H groups in total. The van der Waals surface area contributed by atoms with Crippen LogP contribution >= 0.6 is 0 Å².